The molecular weight excluding hydrogens is 333 g/mol. The molecule has 0 saturated carbocycles. The summed E-state index contributed by atoms with van der Waals surface area (Å²) in [5.74, 6) is -0.611. The Morgan fingerprint density at radius 2 is 1.88 bits per heavy atom. The van der Waals surface area contributed by atoms with Crippen LogP contribution in [0.25, 0.3) is 0 Å². The van der Waals surface area contributed by atoms with E-state index in [2.05, 4.69) is 15.5 Å². The van der Waals surface area contributed by atoms with Crippen LogP contribution >= 0.6 is 0 Å². The molecule has 0 radical (unpaired) electrons. The molecule has 0 saturated heterocycles. The van der Waals surface area contributed by atoms with E-state index in [1.165, 1.54) is 24.3 Å². The van der Waals surface area contributed by atoms with E-state index in [9.17, 15) is 12.8 Å². The summed E-state index contributed by atoms with van der Waals surface area (Å²) in [6.07, 6.45) is 0. The molecule has 0 unspecified atom stereocenters. The Bertz CT molecular complexity index is 953. The molecule has 8 heteroatoms. The second-order valence-corrected chi connectivity index (χ2v) is 7.12. The summed E-state index contributed by atoms with van der Waals surface area (Å²) in [4.78, 5) is 0. The Morgan fingerprint density at radius 1 is 1.12 bits per heavy atom. The van der Waals surface area contributed by atoms with Gasteiger partial charge in [-0.15, -0.1) is 0 Å². The predicted octanol–water partition coefficient (Wildman–Crippen LogP) is 3.23. The van der Waals surface area contributed by atoms with Crippen LogP contribution in [0.4, 0.5) is 16.1 Å². The summed E-state index contributed by atoms with van der Waals surface area (Å²) < 4.78 is 42.7. The number of benzene rings is 2. The van der Waals surface area contributed by atoms with Crippen molar-refractivity contribution in [1.82, 2.24) is 10.2 Å². The molecule has 0 aliphatic heterocycles. The SMILES string of the molecule is Cc1cccc(CS(=O)(=O)c2nnc(Nc3ccc(F)cc3)o2)c1. The molecule has 0 atom stereocenters. The minimum Gasteiger partial charge on any atom is -0.394 e. The Labute approximate surface area is 138 Å². The first-order valence-corrected chi connectivity index (χ1v) is 8.72. The van der Waals surface area contributed by atoms with Gasteiger partial charge >= 0.3 is 11.2 Å². The molecule has 0 amide bonds. The van der Waals surface area contributed by atoms with Gasteiger partial charge in [-0.25, -0.2) is 12.8 Å². The van der Waals surface area contributed by atoms with Crippen LogP contribution in [0, 0.1) is 12.7 Å². The van der Waals surface area contributed by atoms with Crippen molar-refractivity contribution in [3.63, 3.8) is 0 Å². The maximum Gasteiger partial charge on any atom is 0.337 e. The Hall–Kier alpha value is -2.74. The summed E-state index contributed by atoms with van der Waals surface area (Å²) in [7, 11) is -3.75. The van der Waals surface area contributed by atoms with E-state index < -0.39 is 15.1 Å². The van der Waals surface area contributed by atoms with Gasteiger partial charge in [0.1, 0.15) is 5.82 Å². The standard InChI is InChI=1S/C16H14FN3O3S/c1-11-3-2-4-12(9-11)10-24(21,22)16-20-19-15(23-16)18-14-7-5-13(17)6-8-14/h2-9H,10H2,1H3,(H,18,19). The number of nitrogens with zero attached hydrogens (tertiary/aromatic N) is 2. The van der Waals surface area contributed by atoms with Gasteiger partial charge in [-0.1, -0.05) is 40.0 Å². The lowest BCUT2D eigenvalue weighted by molar-refractivity contribution is 0.442. The first-order chi connectivity index (χ1) is 11.4. The molecule has 0 aliphatic carbocycles. The van der Waals surface area contributed by atoms with Crippen molar-refractivity contribution in [2.45, 2.75) is 17.9 Å². The lowest BCUT2D eigenvalue weighted by Gasteiger charge is -2.02. The maximum absolute atomic E-state index is 12.9. The minimum absolute atomic E-state index is 0.0792. The van der Waals surface area contributed by atoms with Gasteiger partial charge in [0.2, 0.25) is 9.84 Å². The maximum atomic E-state index is 12.9. The average molecular weight is 347 g/mol. The highest BCUT2D eigenvalue weighted by molar-refractivity contribution is 7.90. The zero-order chi connectivity index (χ0) is 17.2. The third kappa shape index (κ3) is 3.77. The third-order valence-corrected chi connectivity index (χ3v) is 4.62. The van der Waals surface area contributed by atoms with E-state index in [0.717, 1.165) is 5.56 Å². The van der Waals surface area contributed by atoms with Gasteiger partial charge in [-0.3, -0.25) is 0 Å². The van der Waals surface area contributed by atoms with Crippen molar-refractivity contribution in [2.75, 3.05) is 5.32 Å². The van der Waals surface area contributed by atoms with Gasteiger partial charge < -0.3 is 9.73 Å². The van der Waals surface area contributed by atoms with E-state index in [4.69, 9.17) is 4.42 Å². The van der Waals surface area contributed by atoms with Gasteiger partial charge in [0.25, 0.3) is 0 Å². The van der Waals surface area contributed by atoms with Crippen LogP contribution in [0.5, 0.6) is 0 Å². The van der Waals surface area contributed by atoms with E-state index >= 15 is 0 Å². The van der Waals surface area contributed by atoms with E-state index in [1.54, 1.807) is 18.2 Å². The number of halogens is 1. The van der Waals surface area contributed by atoms with Crippen LogP contribution in [0.2, 0.25) is 0 Å². The van der Waals surface area contributed by atoms with Gasteiger partial charge in [-0.2, -0.15) is 0 Å². The lowest BCUT2D eigenvalue weighted by atomic mass is 10.2. The average Bonchev–Trinajstić information content (AvgIpc) is 2.99. The van der Waals surface area contributed by atoms with Crippen molar-refractivity contribution < 1.29 is 17.2 Å². The number of anilines is 2. The monoisotopic (exact) mass is 347 g/mol. The Morgan fingerprint density at radius 3 is 2.58 bits per heavy atom. The van der Waals surface area contributed by atoms with Crippen molar-refractivity contribution in [2.24, 2.45) is 0 Å². The minimum atomic E-state index is -3.75. The number of aromatic nitrogens is 2. The van der Waals surface area contributed by atoms with Crippen molar-refractivity contribution in [3.05, 3.63) is 65.5 Å². The molecule has 1 heterocycles. The summed E-state index contributed by atoms with van der Waals surface area (Å²) in [6, 6.07) is 12.6. The highest BCUT2D eigenvalue weighted by Crippen LogP contribution is 2.20. The number of nitrogens with one attached hydrogen (secondary N) is 1. The molecule has 6 nitrogen and oxygen atoms in total. The molecule has 1 N–H and O–H groups in total. The molecule has 2 aromatic carbocycles. The topological polar surface area (TPSA) is 85.1 Å². The molecule has 3 aromatic rings. The van der Waals surface area contributed by atoms with Crippen LogP contribution in [0.1, 0.15) is 11.1 Å². The number of aryl methyl sites for hydroxylation is 1. The van der Waals surface area contributed by atoms with Crippen molar-refractivity contribution in [1.29, 1.82) is 0 Å². The Kier molecular flexibility index (Phi) is 4.30. The van der Waals surface area contributed by atoms with Gasteiger partial charge in [0, 0.05) is 5.69 Å². The second kappa shape index (κ2) is 6.40. The fourth-order valence-electron chi connectivity index (χ4n) is 2.13. The molecule has 3 rings (SSSR count). The van der Waals surface area contributed by atoms with Crippen LogP contribution in [0.15, 0.2) is 58.2 Å². The molecule has 124 valence electrons. The fourth-order valence-corrected chi connectivity index (χ4v) is 3.24. The second-order valence-electron chi connectivity index (χ2n) is 5.25. The molecule has 0 fully saturated rings. The first kappa shape index (κ1) is 16.1. The largest absolute Gasteiger partial charge is 0.394 e. The number of hydrogen-bond acceptors (Lipinski definition) is 6. The summed E-state index contributed by atoms with van der Waals surface area (Å²) in [5, 5.41) is 9.50. The van der Waals surface area contributed by atoms with E-state index in [0.29, 0.717) is 11.3 Å². The Balaban J connectivity index is 1.77. The molecule has 24 heavy (non-hydrogen) atoms. The van der Waals surface area contributed by atoms with Crippen molar-refractivity contribution >= 4 is 21.5 Å². The quantitative estimate of drug-likeness (QED) is 0.763. The third-order valence-electron chi connectivity index (χ3n) is 3.21. The van der Waals surface area contributed by atoms with Gasteiger partial charge in [-0.05, 0) is 36.8 Å². The normalized spacial score (nSPS) is 11.4. The molecule has 0 bridgehead atoms. The van der Waals surface area contributed by atoms with Crippen LogP contribution < -0.4 is 5.32 Å². The number of sulfone groups is 1. The molecule has 0 spiro atoms. The zero-order valence-corrected chi connectivity index (χ0v) is 13.5. The fraction of sp³-hybridized carbons (Fsp3) is 0.125. The van der Waals surface area contributed by atoms with Crippen molar-refractivity contribution in [3.8, 4) is 0 Å². The summed E-state index contributed by atoms with van der Waals surface area (Å²) in [5.41, 5.74) is 2.11. The highest BCUT2D eigenvalue weighted by Gasteiger charge is 2.23. The van der Waals surface area contributed by atoms with Crippen LogP contribution in [-0.4, -0.2) is 18.6 Å². The van der Waals surface area contributed by atoms with Crippen LogP contribution in [-0.2, 0) is 15.6 Å². The molecular formula is C16H14FN3O3S. The van der Waals surface area contributed by atoms with Crippen LogP contribution in [0.3, 0.4) is 0 Å². The molecule has 1 aromatic heterocycles. The van der Waals surface area contributed by atoms with E-state index in [1.807, 2.05) is 13.0 Å². The zero-order valence-electron chi connectivity index (χ0n) is 12.7. The van der Waals surface area contributed by atoms with E-state index in [-0.39, 0.29) is 17.6 Å². The number of hydrogen-bond donors (Lipinski definition) is 1. The number of rotatable bonds is 5. The summed E-state index contributed by atoms with van der Waals surface area (Å²) in [6.45, 7) is 1.88. The lowest BCUT2D eigenvalue weighted by Crippen LogP contribution is -2.05. The van der Waals surface area contributed by atoms with Gasteiger partial charge in [0.15, 0.2) is 0 Å². The summed E-state index contributed by atoms with van der Waals surface area (Å²) >= 11 is 0. The molecule has 0 aliphatic rings. The first-order valence-electron chi connectivity index (χ1n) is 7.07. The highest BCUT2D eigenvalue weighted by atomic mass is 32.2. The predicted molar refractivity (Wildman–Crippen MR) is 86.0 cm³/mol. The van der Waals surface area contributed by atoms with Gasteiger partial charge in [0.05, 0.1) is 5.75 Å². The smallest absolute Gasteiger partial charge is 0.337 e.